The molecule has 7 nitrogen and oxygen atoms in total. The van der Waals surface area contributed by atoms with Crippen molar-refractivity contribution in [3.05, 3.63) is 54.1 Å². The molecule has 0 N–H and O–H groups in total. The summed E-state index contributed by atoms with van der Waals surface area (Å²) < 4.78 is 20.6. The van der Waals surface area contributed by atoms with Crippen LogP contribution in [0.5, 0.6) is 5.75 Å². The number of rotatable bonds is 4. The summed E-state index contributed by atoms with van der Waals surface area (Å²) in [4.78, 5) is 4.34. The minimum absolute atomic E-state index is 0.264. The number of hydrogen-bond donors (Lipinski definition) is 0. The molecular weight excluding hydrogens is 347 g/mol. The van der Waals surface area contributed by atoms with Gasteiger partial charge >= 0.3 is 0 Å². The van der Waals surface area contributed by atoms with Crippen LogP contribution in [0, 0.1) is 12.7 Å². The first-order valence-electron chi connectivity index (χ1n) is 8.84. The summed E-state index contributed by atoms with van der Waals surface area (Å²) in [5.41, 5.74) is 1.80. The molecule has 0 bridgehead atoms. The highest BCUT2D eigenvalue weighted by Gasteiger charge is 2.19. The van der Waals surface area contributed by atoms with Crippen LogP contribution in [0.25, 0.3) is 5.82 Å². The summed E-state index contributed by atoms with van der Waals surface area (Å²) in [5.74, 6) is 1.45. The van der Waals surface area contributed by atoms with Crippen molar-refractivity contribution in [1.29, 1.82) is 0 Å². The number of nitrogens with zero attached hydrogens (tertiary/aromatic N) is 6. The van der Waals surface area contributed by atoms with E-state index in [2.05, 4.69) is 25.1 Å². The Balaban J connectivity index is 1.41. The highest BCUT2D eigenvalue weighted by atomic mass is 19.1. The molecule has 1 fully saturated rings. The molecule has 0 amide bonds. The maximum Gasteiger partial charge on any atom is 0.175 e. The van der Waals surface area contributed by atoms with Crippen LogP contribution in [-0.4, -0.2) is 53.3 Å². The van der Waals surface area contributed by atoms with Crippen LogP contribution in [0.3, 0.4) is 0 Å². The summed E-state index contributed by atoms with van der Waals surface area (Å²) in [7, 11) is 1.47. The van der Waals surface area contributed by atoms with Gasteiger partial charge in [-0.3, -0.25) is 0 Å². The van der Waals surface area contributed by atoms with Crippen molar-refractivity contribution < 1.29 is 9.13 Å². The molecule has 8 heteroatoms. The Hall–Kier alpha value is -3.16. The molecule has 3 aromatic rings. The summed E-state index contributed by atoms with van der Waals surface area (Å²) in [5, 5.41) is 13.0. The van der Waals surface area contributed by atoms with E-state index >= 15 is 0 Å². The Morgan fingerprint density at radius 2 is 1.63 bits per heavy atom. The zero-order valence-electron chi connectivity index (χ0n) is 15.3. The molecular formula is C19H21FN6O. The van der Waals surface area contributed by atoms with E-state index in [0.717, 1.165) is 43.4 Å². The highest BCUT2D eigenvalue weighted by molar-refractivity contribution is 5.52. The van der Waals surface area contributed by atoms with Gasteiger partial charge in [-0.25, -0.2) is 9.07 Å². The Labute approximate surface area is 157 Å². The Morgan fingerprint density at radius 3 is 2.22 bits per heavy atom. The van der Waals surface area contributed by atoms with Gasteiger partial charge in [0.1, 0.15) is 0 Å². The molecule has 0 spiro atoms. The van der Waals surface area contributed by atoms with E-state index in [1.165, 1.54) is 13.2 Å². The highest BCUT2D eigenvalue weighted by Crippen LogP contribution is 2.25. The van der Waals surface area contributed by atoms with E-state index in [9.17, 15) is 4.39 Å². The number of hydrogen-bond acceptors (Lipinski definition) is 6. The van der Waals surface area contributed by atoms with Crippen molar-refractivity contribution in [2.75, 3.05) is 43.1 Å². The maximum atomic E-state index is 13.9. The predicted molar refractivity (Wildman–Crippen MR) is 101 cm³/mol. The van der Waals surface area contributed by atoms with E-state index < -0.39 is 0 Å². The first-order chi connectivity index (χ1) is 13.1. The van der Waals surface area contributed by atoms with E-state index in [-0.39, 0.29) is 11.6 Å². The van der Waals surface area contributed by atoms with E-state index in [4.69, 9.17) is 4.74 Å². The van der Waals surface area contributed by atoms with Crippen LogP contribution in [0.4, 0.5) is 15.9 Å². The standard InChI is InChI=1S/C19H21FN6O/c1-14-7-8-26(23-14)19-6-5-18(21-22-19)25-11-9-24(10-12-25)15-3-4-17(27-2)16(20)13-15/h3-8,13H,9-12H2,1-2H3. The quantitative estimate of drug-likeness (QED) is 0.705. The molecule has 4 rings (SSSR count). The molecule has 27 heavy (non-hydrogen) atoms. The molecule has 0 saturated carbocycles. The fourth-order valence-corrected chi connectivity index (χ4v) is 3.20. The molecule has 1 aliphatic rings. The minimum Gasteiger partial charge on any atom is -0.494 e. The second-order valence-electron chi connectivity index (χ2n) is 6.44. The van der Waals surface area contributed by atoms with Gasteiger partial charge in [-0.05, 0) is 37.3 Å². The largest absolute Gasteiger partial charge is 0.494 e. The Kier molecular flexibility index (Phi) is 4.62. The lowest BCUT2D eigenvalue weighted by atomic mass is 10.2. The van der Waals surface area contributed by atoms with Gasteiger partial charge < -0.3 is 14.5 Å². The fraction of sp³-hybridized carbons (Fsp3) is 0.316. The average molecular weight is 368 g/mol. The summed E-state index contributed by atoms with van der Waals surface area (Å²) in [6.45, 7) is 5.10. The number of aryl methyl sites for hydroxylation is 1. The smallest absolute Gasteiger partial charge is 0.175 e. The van der Waals surface area contributed by atoms with Crippen molar-refractivity contribution in [3.63, 3.8) is 0 Å². The van der Waals surface area contributed by atoms with Gasteiger partial charge in [0.25, 0.3) is 0 Å². The van der Waals surface area contributed by atoms with Crippen molar-refractivity contribution in [1.82, 2.24) is 20.0 Å². The third kappa shape index (κ3) is 3.55. The van der Waals surface area contributed by atoms with Crippen LogP contribution in [0.2, 0.25) is 0 Å². The number of aromatic nitrogens is 4. The van der Waals surface area contributed by atoms with Gasteiger partial charge in [-0.1, -0.05) is 0 Å². The normalized spacial score (nSPS) is 14.5. The second kappa shape index (κ2) is 7.22. The maximum absolute atomic E-state index is 13.9. The fourth-order valence-electron chi connectivity index (χ4n) is 3.20. The number of benzene rings is 1. The van der Waals surface area contributed by atoms with Gasteiger partial charge in [0.05, 0.1) is 12.8 Å². The second-order valence-corrected chi connectivity index (χ2v) is 6.44. The monoisotopic (exact) mass is 368 g/mol. The first-order valence-corrected chi connectivity index (χ1v) is 8.84. The van der Waals surface area contributed by atoms with E-state index in [0.29, 0.717) is 5.82 Å². The van der Waals surface area contributed by atoms with Crippen LogP contribution in [0.15, 0.2) is 42.6 Å². The third-order valence-electron chi connectivity index (χ3n) is 4.70. The Bertz CT molecular complexity index is 918. The number of ether oxygens (including phenoxy) is 1. The zero-order valence-corrected chi connectivity index (χ0v) is 15.3. The third-order valence-corrected chi connectivity index (χ3v) is 4.70. The lowest BCUT2D eigenvalue weighted by molar-refractivity contribution is 0.386. The number of piperazine rings is 1. The number of halogens is 1. The Morgan fingerprint density at radius 1 is 0.926 bits per heavy atom. The van der Waals surface area contributed by atoms with Crippen molar-refractivity contribution >= 4 is 11.5 Å². The molecule has 1 saturated heterocycles. The van der Waals surface area contributed by atoms with Crippen molar-refractivity contribution in [2.24, 2.45) is 0 Å². The zero-order chi connectivity index (χ0) is 18.8. The topological polar surface area (TPSA) is 59.3 Å². The van der Waals surface area contributed by atoms with Crippen LogP contribution < -0.4 is 14.5 Å². The van der Waals surface area contributed by atoms with Crippen LogP contribution in [0.1, 0.15) is 5.69 Å². The number of anilines is 2. The predicted octanol–water partition coefficient (Wildman–Crippen LogP) is 2.45. The van der Waals surface area contributed by atoms with Crippen LogP contribution in [-0.2, 0) is 0 Å². The number of methoxy groups -OCH3 is 1. The van der Waals surface area contributed by atoms with E-state index in [1.807, 2.05) is 37.4 Å². The van der Waals surface area contributed by atoms with Crippen LogP contribution >= 0.6 is 0 Å². The van der Waals surface area contributed by atoms with Gasteiger partial charge in [-0.2, -0.15) is 5.10 Å². The summed E-state index contributed by atoms with van der Waals surface area (Å²) >= 11 is 0. The molecule has 1 aromatic carbocycles. The summed E-state index contributed by atoms with van der Waals surface area (Å²) in [6, 6.07) is 10.9. The lowest BCUT2D eigenvalue weighted by Gasteiger charge is -2.36. The van der Waals surface area contributed by atoms with E-state index in [1.54, 1.807) is 10.7 Å². The molecule has 0 atom stereocenters. The molecule has 0 aliphatic carbocycles. The molecule has 0 radical (unpaired) electrons. The van der Waals surface area contributed by atoms with Crippen molar-refractivity contribution in [3.8, 4) is 11.6 Å². The average Bonchev–Trinajstić information content (AvgIpc) is 3.14. The molecule has 2 aromatic heterocycles. The summed E-state index contributed by atoms with van der Waals surface area (Å²) in [6.07, 6.45) is 1.87. The van der Waals surface area contributed by atoms with Gasteiger partial charge in [0.15, 0.2) is 23.2 Å². The lowest BCUT2D eigenvalue weighted by Crippen LogP contribution is -2.47. The van der Waals surface area contributed by atoms with Crippen molar-refractivity contribution in [2.45, 2.75) is 6.92 Å². The van der Waals surface area contributed by atoms with Gasteiger partial charge in [0.2, 0.25) is 0 Å². The first kappa shape index (κ1) is 17.3. The SMILES string of the molecule is COc1ccc(N2CCN(c3ccc(-n4ccc(C)n4)nn3)CC2)cc1F. The molecule has 140 valence electrons. The molecule has 0 unspecified atom stereocenters. The minimum atomic E-state index is -0.340. The molecule has 1 aliphatic heterocycles. The van der Waals surface area contributed by atoms with Gasteiger partial charge in [-0.15, -0.1) is 10.2 Å². The molecule has 3 heterocycles. The van der Waals surface area contributed by atoms with Gasteiger partial charge in [0, 0.05) is 44.1 Å².